The van der Waals surface area contributed by atoms with Gasteiger partial charge in [-0.1, -0.05) is 0 Å². The molecule has 0 aliphatic carbocycles. The van der Waals surface area contributed by atoms with Gasteiger partial charge in [0.15, 0.2) is 5.92 Å². The van der Waals surface area contributed by atoms with Crippen LogP contribution in [0.5, 0.6) is 0 Å². The molecule has 0 aliphatic heterocycles. The SMILES string of the molecule is COC(=O)[C@@H](C#N)c1ccc(F)cc1[N+](=O)[O-]. The number of rotatable bonds is 3. The normalized spacial score (nSPS) is 11.4. The molecule has 1 rings (SSSR count). The van der Waals surface area contributed by atoms with Crippen LogP contribution in [0.15, 0.2) is 18.2 Å². The molecule has 0 spiro atoms. The minimum Gasteiger partial charge on any atom is -0.468 e. The van der Waals surface area contributed by atoms with Gasteiger partial charge in [-0.3, -0.25) is 14.9 Å². The van der Waals surface area contributed by atoms with E-state index in [-0.39, 0.29) is 5.56 Å². The molecular formula is C10H7FN2O4. The van der Waals surface area contributed by atoms with E-state index in [0.717, 1.165) is 19.2 Å². The van der Waals surface area contributed by atoms with E-state index in [1.54, 1.807) is 6.07 Å². The number of nitro groups is 1. The minimum atomic E-state index is -1.44. The second-order valence-electron chi connectivity index (χ2n) is 3.05. The number of nitriles is 1. The first-order chi connectivity index (χ1) is 8.01. The summed E-state index contributed by atoms with van der Waals surface area (Å²) in [6, 6.07) is 4.20. The van der Waals surface area contributed by atoms with Crippen molar-refractivity contribution in [3.05, 3.63) is 39.7 Å². The maximum absolute atomic E-state index is 12.9. The number of ether oxygens (including phenoxy) is 1. The number of benzene rings is 1. The van der Waals surface area contributed by atoms with Crippen LogP contribution in [-0.2, 0) is 9.53 Å². The van der Waals surface area contributed by atoms with Gasteiger partial charge in [0.05, 0.1) is 29.7 Å². The molecule has 0 heterocycles. The van der Waals surface area contributed by atoms with Gasteiger partial charge in [0.25, 0.3) is 5.69 Å². The van der Waals surface area contributed by atoms with Crippen molar-refractivity contribution in [3.63, 3.8) is 0 Å². The predicted molar refractivity (Wildman–Crippen MR) is 53.4 cm³/mol. The lowest BCUT2D eigenvalue weighted by Gasteiger charge is -2.07. The molecule has 88 valence electrons. The topological polar surface area (TPSA) is 93.2 Å². The fraction of sp³-hybridized carbons (Fsp3) is 0.200. The maximum atomic E-state index is 12.9. The number of methoxy groups -OCH3 is 1. The highest BCUT2D eigenvalue weighted by molar-refractivity contribution is 5.82. The second kappa shape index (κ2) is 5.03. The van der Waals surface area contributed by atoms with Gasteiger partial charge in [-0.15, -0.1) is 0 Å². The van der Waals surface area contributed by atoms with Gasteiger partial charge in [-0.2, -0.15) is 5.26 Å². The molecule has 0 bridgehead atoms. The number of nitrogens with zero attached hydrogens (tertiary/aromatic N) is 2. The highest BCUT2D eigenvalue weighted by atomic mass is 19.1. The van der Waals surface area contributed by atoms with Crippen LogP contribution >= 0.6 is 0 Å². The standard InChI is InChI=1S/C10H7FN2O4/c1-17-10(14)8(5-12)7-3-2-6(11)4-9(7)13(15)16/h2-4,8H,1H3/t8-/m0/s1. The Labute approximate surface area is 95.4 Å². The third-order valence-electron chi connectivity index (χ3n) is 2.07. The lowest BCUT2D eigenvalue weighted by molar-refractivity contribution is -0.385. The molecule has 0 aliphatic rings. The Bertz CT molecular complexity index is 510. The van der Waals surface area contributed by atoms with Crippen molar-refractivity contribution in [1.29, 1.82) is 5.26 Å². The largest absolute Gasteiger partial charge is 0.468 e. The van der Waals surface area contributed by atoms with Gasteiger partial charge in [0, 0.05) is 0 Å². The Morgan fingerprint density at radius 2 is 2.29 bits per heavy atom. The van der Waals surface area contributed by atoms with Crippen LogP contribution in [0.1, 0.15) is 11.5 Å². The lowest BCUT2D eigenvalue weighted by Crippen LogP contribution is -2.14. The van der Waals surface area contributed by atoms with E-state index < -0.39 is 28.3 Å². The first-order valence-corrected chi connectivity index (χ1v) is 4.42. The van der Waals surface area contributed by atoms with Crippen LogP contribution in [-0.4, -0.2) is 18.0 Å². The Kier molecular flexibility index (Phi) is 3.72. The average molecular weight is 238 g/mol. The van der Waals surface area contributed by atoms with Crippen LogP contribution in [0.2, 0.25) is 0 Å². The molecule has 1 aromatic rings. The van der Waals surface area contributed by atoms with Crippen molar-refractivity contribution in [2.24, 2.45) is 0 Å². The van der Waals surface area contributed by atoms with Gasteiger partial charge < -0.3 is 4.74 Å². The molecule has 0 fully saturated rings. The molecule has 0 saturated carbocycles. The Morgan fingerprint density at radius 1 is 1.65 bits per heavy atom. The summed E-state index contributed by atoms with van der Waals surface area (Å²) in [7, 11) is 1.06. The van der Waals surface area contributed by atoms with Crippen LogP contribution in [0.4, 0.5) is 10.1 Å². The molecule has 1 atom stereocenters. The van der Waals surface area contributed by atoms with Crippen molar-refractivity contribution < 1.29 is 18.8 Å². The fourth-order valence-corrected chi connectivity index (χ4v) is 1.29. The van der Waals surface area contributed by atoms with E-state index >= 15 is 0 Å². The van der Waals surface area contributed by atoms with Gasteiger partial charge >= 0.3 is 5.97 Å². The highest BCUT2D eigenvalue weighted by Crippen LogP contribution is 2.27. The zero-order valence-corrected chi connectivity index (χ0v) is 8.71. The van der Waals surface area contributed by atoms with E-state index in [4.69, 9.17) is 5.26 Å². The lowest BCUT2D eigenvalue weighted by atomic mass is 9.99. The molecule has 0 N–H and O–H groups in total. The summed E-state index contributed by atoms with van der Waals surface area (Å²) in [4.78, 5) is 21.1. The van der Waals surface area contributed by atoms with E-state index in [0.29, 0.717) is 6.07 Å². The minimum absolute atomic E-state index is 0.189. The number of halogens is 1. The highest BCUT2D eigenvalue weighted by Gasteiger charge is 2.29. The van der Waals surface area contributed by atoms with Crippen LogP contribution in [0.25, 0.3) is 0 Å². The van der Waals surface area contributed by atoms with E-state index in [2.05, 4.69) is 4.74 Å². The monoisotopic (exact) mass is 238 g/mol. The third-order valence-corrected chi connectivity index (χ3v) is 2.07. The molecule has 17 heavy (non-hydrogen) atoms. The Balaban J connectivity index is 3.34. The van der Waals surface area contributed by atoms with Crippen molar-refractivity contribution in [3.8, 4) is 6.07 Å². The summed E-state index contributed by atoms with van der Waals surface area (Å²) in [6.07, 6.45) is 0. The third kappa shape index (κ3) is 2.55. The zero-order valence-electron chi connectivity index (χ0n) is 8.71. The number of carbonyl (C=O) groups excluding carboxylic acids is 1. The first kappa shape index (κ1) is 12.6. The summed E-state index contributed by atoms with van der Waals surface area (Å²) >= 11 is 0. The number of hydrogen-bond donors (Lipinski definition) is 0. The average Bonchev–Trinajstić information content (AvgIpc) is 2.31. The molecule has 0 unspecified atom stereocenters. The second-order valence-corrected chi connectivity index (χ2v) is 3.05. The Morgan fingerprint density at radius 3 is 2.76 bits per heavy atom. The number of carbonyl (C=O) groups is 1. The molecular weight excluding hydrogens is 231 g/mol. The molecule has 1 aromatic carbocycles. The summed E-state index contributed by atoms with van der Waals surface area (Å²) in [5.74, 6) is -3.19. The maximum Gasteiger partial charge on any atom is 0.327 e. The van der Waals surface area contributed by atoms with Crippen molar-refractivity contribution >= 4 is 11.7 Å². The van der Waals surface area contributed by atoms with Gasteiger partial charge in [0.2, 0.25) is 0 Å². The zero-order chi connectivity index (χ0) is 13.0. The molecule has 0 saturated heterocycles. The smallest absolute Gasteiger partial charge is 0.327 e. The van der Waals surface area contributed by atoms with E-state index in [1.165, 1.54) is 0 Å². The molecule has 7 heteroatoms. The predicted octanol–water partition coefficient (Wildman–Crippen LogP) is 1.51. The number of nitro benzene ring substituents is 1. The summed E-state index contributed by atoms with van der Waals surface area (Å²) < 4.78 is 17.2. The van der Waals surface area contributed by atoms with E-state index in [1.807, 2.05) is 0 Å². The van der Waals surface area contributed by atoms with Gasteiger partial charge in [0.1, 0.15) is 5.82 Å². The molecule has 0 aromatic heterocycles. The van der Waals surface area contributed by atoms with E-state index in [9.17, 15) is 19.3 Å². The summed E-state index contributed by atoms with van der Waals surface area (Å²) in [5.41, 5.74) is -0.812. The van der Waals surface area contributed by atoms with Crippen LogP contribution < -0.4 is 0 Å². The van der Waals surface area contributed by atoms with Gasteiger partial charge in [-0.05, 0) is 12.1 Å². The quantitative estimate of drug-likeness (QED) is 0.452. The molecule has 0 radical (unpaired) electrons. The number of esters is 1. The van der Waals surface area contributed by atoms with Gasteiger partial charge in [-0.25, -0.2) is 4.39 Å². The van der Waals surface area contributed by atoms with Crippen LogP contribution in [0.3, 0.4) is 0 Å². The van der Waals surface area contributed by atoms with Crippen LogP contribution in [0, 0.1) is 27.3 Å². The molecule has 6 nitrogen and oxygen atoms in total. The van der Waals surface area contributed by atoms with Crippen molar-refractivity contribution in [2.75, 3.05) is 7.11 Å². The van der Waals surface area contributed by atoms with Crippen molar-refractivity contribution in [2.45, 2.75) is 5.92 Å². The summed E-state index contributed by atoms with van der Waals surface area (Å²) in [6.45, 7) is 0. The number of hydrogen-bond acceptors (Lipinski definition) is 5. The first-order valence-electron chi connectivity index (χ1n) is 4.42. The Hall–Kier alpha value is -2.49. The van der Waals surface area contributed by atoms with Crippen molar-refractivity contribution in [1.82, 2.24) is 0 Å². The molecule has 0 amide bonds. The fourth-order valence-electron chi connectivity index (χ4n) is 1.29. The summed E-state index contributed by atoms with van der Waals surface area (Å²) in [5, 5.41) is 19.5.